The minimum Gasteiger partial charge on any atom is -0.360 e. The van der Waals surface area contributed by atoms with E-state index in [1.165, 1.54) is 16.1 Å². The second kappa shape index (κ2) is 5.98. The predicted octanol–water partition coefficient (Wildman–Crippen LogP) is 3.85. The minimum atomic E-state index is 0.487. The highest BCUT2D eigenvalue weighted by atomic mass is 32.1. The zero-order valence-corrected chi connectivity index (χ0v) is 13.0. The Labute approximate surface area is 125 Å². The predicted molar refractivity (Wildman–Crippen MR) is 87.7 cm³/mol. The maximum Gasteiger partial charge on any atom is 0.0650 e. The van der Waals surface area contributed by atoms with Gasteiger partial charge in [-0.05, 0) is 56.4 Å². The summed E-state index contributed by atoms with van der Waals surface area (Å²) in [5, 5.41) is 5.49. The zero-order chi connectivity index (χ0) is 13.9. The number of hydrogen-bond donors (Lipinski definition) is 1. The van der Waals surface area contributed by atoms with Crippen LogP contribution in [-0.2, 0) is 6.42 Å². The van der Waals surface area contributed by atoms with Gasteiger partial charge in [-0.3, -0.25) is 0 Å². The Balaban J connectivity index is 1.94. The molecule has 1 aliphatic heterocycles. The topological polar surface area (TPSA) is 15.3 Å². The molecule has 1 aliphatic rings. The van der Waals surface area contributed by atoms with Gasteiger partial charge >= 0.3 is 0 Å². The molecule has 1 aromatic carbocycles. The molecule has 0 radical (unpaired) electrons. The summed E-state index contributed by atoms with van der Waals surface area (Å²) in [4.78, 5) is 4.10. The third-order valence-corrected chi connectivity index (χ3v) is 5.11. The van der Waals surface area contributed by atoms with Crippen LogP contribution in [0.5, 0.6) is 0 Å². The summed E-state index contributed by atoms with van der Waals surface area (Å²) < 4.78 is 0. The molecular formula is C17H22N2S. The number of nitrogens with one attached hydrogen (secondary N) is 1. The second-order valence-corrected chi connectivity index (χ2v) is 6.49. The molecule has 2 nitrogen and oxygen atoms in total. The van der Waals surface area contributed by atoms with Crippen LogP contribution < -0.4 is 10.2 Å². The molecule has 0 saturated carbocycles. The molecule has 0 saturated heterocycles. The summed E-state index contributed by atoms with van der Waals surface area (Å²) in [5.41, 5.74) is 2.92. The van der Waals surface area contributed by atoms with Crippen LogP contribution in [0.25, 0.3) is 0 Å². The Hall–Kier alpha value is -1.32. The first-order valence-electron chi connectivity index (χ1n) is 7.35. The van der Waals surface area contributed by atoms with E-state index in [-0.39, 0.29) is 0 Å². The fraction of sp³-hybridized carbons (Fsp3) is 0.412. The molecule has 0 amide bonds. The Bertz CT molecular complexity index is 550. The van der Waals surface area contributed by atoms with E-state index in [2.05, 4.69) is 58.9 Å². The number of hydrogen-bond acceptors (Lipinski definition) is 3. The van der Waals surface area contributed by atoms with Gasteiger partial charge < -0.3 is 10.2 Å². The molecule has 2 heterocycles. The van der Waals surface area contributed by atoms with Crippen LogP contribution in [0.3, 0.4) is 0 Å². The maximum atomic E-state index is 3.30. The van der Waals surface area contributed by atoms with Crippen LogP contribution in [0.4, 0.5) is 5.69 Å². The van der Waals surface area contributed by atoms with Crippen LogP contribution in [-0.4, -0.2) is 19.6 Å². The Kier molecular flexibility index (Phi) is 4.08. The van der Waals surface area contributed by atoms with Gasteiger partial charge in [-0.1, -0.05) is 24.3 Å². The number of anilines is 1. The third kappa shape index (κ3) is 2.48. The number of fused-ring (bicyclic) bond motifs is 1. The van der Waals surface area contributed by atoms with E-state index in [1.807, 2.05) is 18.4 Å². The van der Waals surface area contributed by atoms with Gasteiger partial charge in [-0.15, -0.1) is 11.3 Å². The average Bonchev–Trinajstić information content (AvgIpc) is 3.08. The first kappa shape index (κ1) is 13.7. The summed E-state index contributed by atoms with van der Waals surface area (Å²) in [5.74, 6) is 0. The van der Waals surface area contributed by atoms with Crippen molar-refractivity contribution in [1.29, 1.82) is 0 Å². The van der Waals surface area contributed by atoms with Crippen molar-refractivity contribution in [2.45, 2.75) is 31.8 Å². The highest BCUT2D eigenvalue weighted by molar-refractivity contribution is 7.10. The van der Waals surface area contributed by atoms with Crippen LogP contribution in [0.2, 0.25) is 0 Å². The van der Waals surface area contributed by atoms with Gasteiger partial charge in [0.25, 0.3) is 0 Å². The van der Waals surface area contributed by atoms with Crippen molar-refractivity contribution in [3.63, 3.8) is 0 Å². The highest BCUT2D eigenvalue weighted by Gasteiger charge is 2.32. The summed E-state index contributed by atoms with van der Waals surface area (Å²) in [7, 11) is 2.03. The monoisotopic (exact) mass is 286 g/mol. The van der Waals surface area contributed by atoms with Gasteiger partial charge in [0.05, 0.1) is 6.04 Å². The lowest BCUT2D eigenvalue weighted by Crippen LogP contribution is -2.34. The molecule has 2 atom stereocenters. The summed E-state index contributed by atoms with van der Waals surface area (Å²) in [6.07, 6.45) is 2.31. The van der Waals surface area contributed by atoms with Crippen molar-refractivity contribution in [1.82, 2.24) is 5.32 Å². The number of rotatable bonds is 5. The molecule has 0 aliphatic carbocycles. The number of para-hydroxylation sites is 1. The summed E-state index contributed by atoms with van der Waals surface area (Å²) >= 11 is 1.88. The van der Waals surface area contributed by atoms with E-state index in [4.69, 9.17) is 0 Å². The van der Waals surface area contributed by atoms with Crippen molar-refractivity contribution < 1.29 is 0 Å². The van der Waals surface area contributed by atoms with Crippen molar-refractivity contribution in [2.75, 3.05) is 18.5 Å². The maximum absolute atomic E-state index is 3.30. The fourth-order valence-electron chi connectivity index (χ4n) is 3.24. The molecule has 2 aromatic rings. The van der Waals surface area contributed by atoms with E-state index in [1.54, 1.807) is 0 Å². The first-order valence-corrected chi connectivity index (χ1v) is 8.23. The van der Waals surface area contributed by atoms with Crippen LogP contribution >= 0.6 is 11.3 Å². The molecule has 0 bridgehead atoms. The zero-order valence-electron chi connectivity index (χ0n) is 12.2. The smallest absolute Gasteiger partial charge is 0.0650 e. The lowest BCUT2D eigenvalue weighted by atomic mass is 10.1. The Morgan fingerprint density at radius 2 is 2.15 bits per heavy atom. The standard InChI is InChI=1S/C17H22N2S/c1-13-12-14-6-3-4-7-15(14)19(13)16(9-10-18-2)17-8-5-11-20-17/h3-8,11,13,16,18H,9-10,12H2,1-2H3/t13-,16+/m0/s1. The van der Waals surface area contributed by atoms with E-state index in [0.717, 1.165) is 19.4 Å². The summed E-state index contributed by atoms with van der Waals surface area (Å²) in [6, 6.07) is 14.4. The fourth-order valence-corrected chi connectivity index (χ4v) is 4.10. The van der Waals surface area contributed by atoms with Gasteiger partial charge in [-0.2, -0.15) is 0 Å². The van der Waals surface area contributed by atoms with Gasteiger partial charge in [-0.25, -0.2) is 0 Å². The highest BCUT2D eigenvalue weighted by Crippen LogP contribution is 2.40. The number of thiophene rings is 1. The number of nitrogens with zero attached hydrogens (tertiary/aromatic N) is 1. The van der Waals surface area contributed by atoms with Crippen LogP contribution in [0.15, 0.2) is 41.8 Å². The van der Waals surface area contributed by atoms with E-state index >= 15 is 0 Å². The lowest BCUT2D eigenvalue weighted by molar-refractivity contribution is 0.526. The Morgan fingerprint density at radius 3 is 2.90 bits per heavy atom. The largest absolute Gasteiger partial charge is 0.360 e. The van der Waals surface area contributed by atoms with E-state index in [0.29, 0.717) is 12.1 Å². The molecule has 1 N–H and O–H groups in total. The lowest BCUT2D eigenvalue weighted by Gasteiger charge is -2.34. The molecule has 0 fully saturated rings. The molecule has 0 spiro atoms. The van der Waals surface area contributed by atoms with Crippen molar-refractivity contribution in [3.8, 4) is 0 Å². The van der Waals surface area contributed by atoms with E-state index < -0.39 is 0 Å². The average molecular weight is 286 g/mol. The molecule has 1 aromatic heterocycles. The van der Waals surface area contributed by atoms with Crippen molar-refractivity contribution >= 4 is 17.0 Å². The quantitative estimate of drug-likeness (QED) is 0.898. The van der Waals surface area contributed by atoms with Crippen LogP contribution in [0.1, 0.15) is 29.8 Å². The summed E-state index contributed by atoms with van der Waals surface area (Å²) in [6.45, 7) is 3.40. The Morgan fingerprint density at radius 1 is 1.30 bits per heavy atom. The van der Waals surface area contributed by atoms with Crippen molar-refractivity contribution in [3.05, 3.63) is 52.2 Å². The first-order chi connectivity index (χ1) is 9.81. The molecule has 106 valence electrons. The van der Waals surface area contributed by atoms with Crippen LogP contribution in [0, 0.1) is 0 Å². The molecule has 3 rings (SSSR count). The van der Waals surface area contributed by atoms with Gasteiger partial charge in [0.15, 0.2) is 0 Å². The van der Waals surface area contributed by atoms with Crippen molar-refractivity contribution in [2.24, 2.45) is 0 Å². The van der Waals surface area contributed by atoms with Gasteiger partial charge in [0.1, 0.15) is 0 Å². The van der Waals surface area contributed by atoms with E-state index in [9.17, 15) is 0 Å². The molecule has 3 heteroatoms. The minimum absolute atomic E-state index is 0.487. The molecule has 0 unspecified atom stereocenters. The van der Waals surface area contributed by atoms with Gasteiger partial charge in [0, 0.05) is 16.6 Å². The normalized spacial score (nSPS) is 19.1. The second-order valence-electron chi connectivity index (χ2n) is 5.51. The molecular weight excluding hydrogens is 264 g/mol. The van der Waals surface area contributed by atoms with Gasteiger partial charge in [0.2, 0.25) is 0 Å². The third-order valence-electron chi connectivity index (χ3n) is 4.14. The number of benzene rings is 1. The molecule has 20 heavy (non-hydrogen) atoms. The SMILES string of the molecule is CNCC[C@H](c1cccs1)N1c2ccccc2C[C@@H]1C.